The number of ether oxygens (including phenoxy) is 4. The first kappa shape index (κ1) is 34.2. The van der Waals surface area contributed by atoms with Crippen LogP contribution in [-0.2, 0) is 26.1 Å². The van der Waals surface area contributed by atoms with Crippen molar-refractivity contribution in [3.8, 4) is 11.5 Å². The molecule has 1 aliphatic heterocycles. The number of halogens is 1. The van der Waals surface area contributed by atoms with Crippen LogP contribution in [0.1, 0.15) is 36.2 Å². The molecule has 1 heterocycles. The molecule has 0 aliphatic carbocycles. The molecule has 3 atom stereocenters. The second-order valence-corrected chi connectivity index (χ2v) is 13.3. The highest BCUT2D eigenvalue weighted by Gasteiger charge is 2.32. The number of methoxy groups -OCH3 is 1. The minimum atomic E-state index is -3.92. The summed E-state index contributed by atoms with van der Waals surface area (Å²) in [6.45, 7) is 5.29. The molecule has 1 aliphatic rings. The highest BCUT2D eigenvalue weighted by atomic mass is 32.2. The number of carbonyl (C=O) groups is 1. The molecule has 10 nitrogen and oxygen atoms in total. The molecular formula is C33H42FN3O7S. The summed E-state index contributed by atoms with van der Waals surface area (Å²) in [6, 6.07) is 16.9. The molecule has 2 N–H and O–H groups in total. The van der Waals surface area contributed by atoms with Gasteiger partial charge in [0.1, 0.15) is 17.3 Å². The van der Waals surface area contributed by atoms with E-state index in [1.165, 1.54) is 23.5 Å². The molecule has 0 fully saturated rings. The summed E-state index contributed by atoms with van der Waals surface area (Å²) in [6.07, 6.45) is -0.0395. The van der Waals surface area contributed by atoms with Crippen molar-refractivity contribution in [1.82, 2.24) is 9.21 Å². The highest BCUT2D eigenvalue weighted by molar-refractivity contribution is 7.89. The molecule has 244 valence electrons. The second kappa shape index (κ2) is 15.5. The van der Waals surface area contributed by atoms with Crippen LogP contribution in [0.15, 0.2) is 71.6 Å². The molecule has 3 aromatic carbocycles. The van der Waals surface area contributed by atoms with E-state index in [9.17, 15) is 17.6 Å². The number of fused-ring (bicyclic) bond motifs is 1. The Hall–Kier alpha value is -3.71. The van der Waals surface area contributed by atoms with Crippen LogP contribution in [-0.4, -0.2) is 82.7 Å². The van der Waals surface area contributed by atoms with Gasteiger partial charge in [-0.15, -0.1) is 0 Å². The monoisotopic (exact) mass is 643 g/mol. The van der Waals surface area contributed by atoms with Gasteiger partial charge in [0, 0.05) is 38.2 Å². The molecule has 0 unspecified atom stereocenters. The molecule has 0 saturated heterocycles. The topological polar surface area (TPSA) is 121 Å². The molecule has 45 heavy (non-hydrogen) atoms. The van der Waals surface area contributed by atoms with Crippen molar-refractivity contribution >= 4 is 21.6 Å². The Morgan fingerprint density at radius 2 is 1.80 bits per heavy atom. The van der Waals surface area contributed by atoms with Crippen molar-refractivity contribution in [2.24, 2.45) is 5.92 Å². The molecule has 12 heteroatoms. The maximum atomic E-state index is 14.1. The van der Waals surface area contributed by atoms with E-state index in [2.05, 4.69) is 0 Å². The van der Waals surface area contributed by atoms with Gasteiger partial charge in [0.2, 0.25) is 10.0 Å². The van der Waals surface area contributed by atoms with Crippen LogP contribution in [0.25, 0.3) is 0 Å². The van der Waals surface area contributed by atoms with Crippen molar-refractivity contribution in [3.63, 3.8) is 0 Å². The fourth-order valence-electron chi connectivity index (χ4n) is 5.06. The third-order valence-electron chi connectivity index (χ3n) is 7.77. The van der Waals surface area contributed by atoms with E-state index in [1.807, 2.05) is 38.1 Å². The number of carbonyl (C=O) groups excluding carboxylic acids is 1. The minimum absolute atomic E-state index is 0.0192. The van der Waals surface area contributed by atoms with Crippen molar-refractivity contribution in [2.45, 2.75) is 43.9 Å². The Bertz CT molecular complexity index is 1520. The van der Waals surface area contributed by atoms with E-state index in [0.717, 1.165) is 23.4 Å². The first-order valence-corrected chi connectivity index (χ1v) is 16.3. The summed E-state index contributed by atoms with van der Waals surface area (Å²) in [4.78, 5) is 15.8. The fraction of sp³-hybridized carbons (Fsp3) is 0.424. The number of hydrogen-bond donors (Lipinski definition) is 1. The summed E-state index contributed by atoms with van der Waals surface area (Å²) in [5.74, 6) is 0.0924. The lowest BCUT2D eigenvalue weighted by molar-refractivity contribution is -0.0142. The summed E-state index contributed by atoms with van der Waals surface area (Å²) in [5, 5.41) is 0. The molecule has 0 spiro atoms. The van der Waals surface area contributed by atoms with Gasteiger partial charge in [0.25, 0.3) is 5.91 Å². The van der Waals surface area contributed by atoms with E-state index in [1.54, 1.807) is 30.2 Å². The Labute approximate surface area is 264 Å². The molecule has 0 saturated carbocycles. The van der Waals surface area contributed by atoms with E-state index in [0.29, 0.717) is 36.6 Å². The van der Waals surface area contributed by atoms with Gasteiger partial charge in [0.15, 0.2) is 0 Å². The summed E-state index contributed by atoms with van der Waals surface area (Å²) in [5.41, 5.74) is 7.82. The van der Waals surface area contributed by atoms with Crippen LogP contribution in [0.2, 0.25) is 0 Å². The zero-order chi connectivity index (χ0) is 32.6. The van der Waals surface area contributed by atoms with Gasteiger partial charge in [-0.25, -0.2) is 12.8 Å². The molecule has 1 amide bonds. The maximum absolute atomic E-state index is 14.1. The van der Waals surface area contributed by atoms with Crippen molar-refractivity contribution in [1.29, 1.82) is 0 Å². The SMILES string of the molecule is COc1ccc(COC[C@H](C)N2C[C@@H](C)[C@H](CN(C)S(=O)(=O)c3ccc(F)cc3)OCCCOc3ccc(N)cc3C2=O)cc1. The molecular weight excluding hydrogens is 601 g/mol. The number of hydrogen-bond acceptors (Lipinski definition) is 8. The van der Waals surface area contributed by atoms with Gasteiger partial charge < -0.3 is 29.6 Å². The fourth-order valence-corrected chi connectivity index (χ4v) is 6.24. The van der Waals surface area contributed by atoms with E-state index in [-0.39, 0.29) is 49.1 Å². The smallest absolute Gasteiger partial charge is 0.258 e. The van der Waals surface area contributed by atoms with Crippen LogP contribution in [0.5, 0.6) is 11.5 Å². The largest absolute Gasteiger partial charge is 0.497 e. The van der Waals surface area contributed by atoms with E-state index < -0.39 is 21.9 Å². The number of nitrogens with two attached hydrogens (primary N) is 1. The zero-order valence-electron chi connectivity index (χ0n) is 26.1. The van der Waals surface area contributed by atoms with Crippen molar-refractivity contribution in [2.75, 3.05) is 52.8 Å². The van der Waals surface area contributed by atoms with Crippen LogP contribution >= 0.6 is 0 Å². The Morgan fingerprint density at radius 1 is 1.09 bits per heavy atom. The van der Waals surface area contributed by atoms with Gasteiger partial charge >= 0.3 is 0 Å². The Morgan fingerprint density at radius 3 is 2.49 bits per heavy atom. The normalized spacial score (nSPS) is 18.8. The molecule has 4 rings (SSSR count). The summed E-state index contributed by atoms with van der Waals surface area (Å²) >= 11 is 0. The molecule has 0 bridgehead atoms. The number of sulfonamides is 1. The average molecular weight is 644 g/mol. The third-order valence-corrected chi connectivity index (χ3v) is 9.61. The summed E-state index contributed by atoms with van der Waals surface area (Å²) < 4.78 is 64.7. The van der Waals surface area contributed by atoms with Crippen LogP contribution in [0, 0.1) is 11.7 Å². The quantitative estimate of drug-likeness (QED) is 0.319. The zero-order valence-corrected chi connectivity index (χ0v) is 27.0. The number of nitrogens with zero attached hydrogens (tertiary/aromatic N) is 2. The summed E-state index contributed by atoms with van der Waals surface area (Å²) in [7, 11) is -0.845. The maximum Gasteiger partial charge on any atom is 0.258 e. The third kappa shape index (κ3) is 8.94. The Balaban J connectivity index is 1.56. The van der Waals surface area contributed by atoms with Crippen LogP contribution in [0.3, 0.4) is 0 Å². The van der Waals surface area contributed by atoms with Gasteiger partial charge in [0.05, 0.1) is 56.1 Å². The highest BCUT2D eigenvalue weighted by Crippen LogP contribution is 2.27. The first-order chi connectivity index (χ1) is 21.5. The number of rotatable bonds is 10. The van der Waals surface area contributed by atoms with E-state index in [4.69, 9.17) is 24.7 Å². The number of benzene rings is 3. The lowest BCUT2D eigenvalue weighted by Crippen LogP contribution is -2.48. The number of nitrogen functional groups attached to an aromatic ring is 1. The van der Waals surface area contributed by atoms with Gasteiger partial charge in [-0.05, 0) is 67.1 Å². The average Bonchev–Trinajstić information content (AvgIpc) is 3.02. The predicted octanol–water partition coefficient (Wildman–Crippen LogP) is 4.59. The van der Waals surface area contributed by atoms with Gasteiger partial charge in [-0.1, -0.05) is 19.1 Å². The lowest BCUT2D eigenvalue weighted by atomic mass is 10.0. The molecule has 0 aromatic heterocycles. The number of likely N-dealkylation sites (N-methyl/N-ethyl adjacent to an activating group) is 1. The first-order valence-electron chi connectivity index (χ1n) is 14.9. The van der Waals surface area contributed by atoms with E-state index >= 15 is 0 Å². The van der Waals surface area contributed by atoms with Crippen molar-refractivity contribution in [3.05, 3.63) is 83.7 Å². The standard InChI is InChI=1S/C33H42FN3O7S/c1-23-19-37(24(2)21-42-22-25-6-11-28(41-4)12-7-25)33(38)30-18-27(35)10-15-31(30)43-16-5-17-44-32(23)20-36(3)45(39,40)29-13-8-26(34)9-14-29/h6-15,18,23-24,32H,5,16-17,19-22,35H2,1-4H3/t23-,24+,32+/m1/s1. The van der Waals surface area contributed by atoms with Crippen molar-refractivity contribution < 1.29 is 36.6 Å². The second-order valence-electron chi connectivity index (χ2n) is 11.3. The van der Waals surface area contributed by atoms with Crippen LogP contribution < -0.4 is 15.2 Å². The molecule has 0 radical (unpaired) electrons. The predicted molar refractivity (Wildman–Crippen MR) is 169 cm³/mol. The number of amides is 1. The lowest BCUT2D eigenvalue weighted by Gasteiger charge is -2.36. The minimum Gasteiger partial charge on any atom is -0.497 e. The number of anilines is 1. The van der Waals surface area contributed by atoms with Gasteiger partial charge in [-0.3, -0.25) is 4.79 Å². The van der Waals surface area contributed by atoms with Gasteiger partial charge in [-0.2, -0.15) is 4.31 Å². The van der Waals surface area contributed by atoms with Crippen LogP contribution in [0.4, 0.5) is 10.1 Å². The Kier molecular flexibility index (Phi) is 11.8. The molecule has 3 aromatic rings.